The molecule has 2 aliphatic heterocycles. The zero-order valence-corrected chi connectivity index (χ0v) is 10.9. The van der Waals surface area contributed by atoms with Gasteiger partial charge in [0.1, 0.15) is 19.3 Å². The number of fused-ring (bicyclic) bond motifs is 1. The van der Waals surface area contributed by atoms with Crippen LogP contribution in [-0.2, 0) is 4.79 Å². The van der Waals surface area contributed by atoms with Crippen molar-refractivity contribution >= 4 is 11.9 Å². The molecule has 1 N–H and O–H groups in total. The first-order valence-corrected chi connectivity index (χ1v) is 6.60. The molecule has 1 aromatic rings. The average molecular weight is 277 g/mol. The van der Waals surface area contributed by atoms with Gasteiger partial charge in [0.05, 0.1) is 0 Å². The van der Waals surface area contributed by atoms with E-state index in [1.54, 1.807) is 18.2 Å². The Kier molecular flexibility index (Phi) is 3.22. The van der Waals surface area contributed by atoms with E-state index in [9.17, 15) is 9.59 Å². The highest BCUT2D eigenvalue weighted by Crippen LogP contribution is 2.32. The molecule has 1 saturated heterocycles. The highest BCUT2D eigenvalue weighted by atomic mass is 16.6. The first-order valence-electron chi connectivity index (χ1n) is 6.60. The van der Waals surface area contributed by atoms with Crippen LogP contribution in [0, 0.1) is 0 Å². The predicted octanol–water partition coefficient (Wildman–Crippen LogP) is 1.15. The second kappa shape index (κ2) is 5.03. The molecule has 0 unspecified atom stereocenters. The van der Waals surface area contributed by atoms with Crippen molar-refractivity contribution in [2.45, 2.75) is 18.9 Å². The van der Waals surface area contributed by atoms with Crippen LogP contribution in [0.25, 0.3) is 0 Å². The number of carboxylic acids is 1. The molecule has 0 aliphatic carbocycles. The Morgan fingerprint density at radius 3 is 2.70 bits per heavy atom. The Morgan fingerprint density at radius 2 is 1.95 bits per heavy atom. The van der Waals surface area contributed by atoms with Crippen molar-refractivity contribution in [2.75, 3.05) is 19.8 Å². The highest BCUT2D eigenvalue weighted by Gasteiger charge is 2.34. The molecule has 0 saturated carbocycles. The summed E-state index contributed by atoms with van der Waals surface area (Å²) in [6.45, 7) is 1.42. The zero-order valence-electron chi connectivity index (χ0n) is 10.9. The number of hydrogen-bond acceptors (Lipinski definition) is 4. The molecule has 0 spiro atoms. The van der Waals surface area contributed by atoms with E-state index in [-0.39, 0.29) is 5.91 Å². The van der Waals surface area contributed by atoms with Crippen LogP contribution in [0.15, 0.2) is 18.2 Å². The highest BCUT2D eigenvalue weighted by molar-refractivity contribution is 5.97. The van der Waals surface area contributed by atoms with Crippen LogP contribution in [0.3, 0.4) is 0 Å². The number of carbonyl (C=O) groups excluding carboxylic acids is 1. The van der Waals surface area contributed by atoms with E-state index < -0.39 is 12.0 Å². The lowest BCUT2D eigenvalue weighted by Gasteiger charge is -2.23. The second-order valence-corrected chi connectivity index (χ2v) is 4.85. The minimum Gasteiger partial charge on any atom is -0.486 e. The van der Waals surface area contributed by atoms with Gasteiger partial charge < -0.3 is 19.5 Å². The van der Waals surface area contributed by atoms with E-state index in [1.807, 2.05) is 0 Å². The normalized spacial score (nSPS) is 20.8. The first-order chi connectivity index (χ1) is 9.66. The number of rotatable bonds is 2. The number of amides is 1. The lowest BCUT2D eigenvalue weighted by Crippen LogP contribution is -2.40. The quantitative estimate of drug-likeness (QED) is 0.877. The summed E-state index contributed by atoms with van der Waals surface area (Å²) in [5.74, 6) is -0.0718. The maximum Gasteiger partial charge on any atom is 0.326 e. The van der Waals surface area contributed by atoms with E-state index in [0.29, 0.717) is 49.7 Å². The number of carboxylic acid groups (broad SMARTS) is 1. The Bertz CT molecular complexity index is 556. The van der Waals surface area contributed by atoms with Crippen molar-refractivity contribution in [3.05, 3.63) is 23.8 Å². The summed E-state index contributed by atoms with van der Waals surface area (Å²) < 4.78 is 10.8. The average Bonchev–Trinajstić information content (AvgIpc) is 2.95. The molecule has 2 heterocycles. The first kappa shape index (κ1) is 12.8. The van der Waals surface area contributed by atoms with E-state index in [2.05, 4.69) is 0 Å². The van der Waals surface area contributed by atoms with Gasteiger partial charge >= 0.3 is 5.97 Å². The number of nitrogens with zero attached hydrogens (tertiary/aromatic N) is 1. The van der Waals surface area contributed by atoms with Crippen LogP contribution >= 0.6 is 0 Å². The van der Waals surface area contributed by atoms with E-state index in [4.69, 9.17) is 14.6 Å². The number of carbonyl (C=O) groups is 2. The van der Waals surface area contributed by atoms with Gasteiger partial charge in [-0.15, -0.1) is 0 Å². The van der Waals surface area contributed by atoms with Gasteiger partial charge in [0.2, 0.25) is 0 Å². The SMILES string of the molecule is O=C(O)[C@@H]1CCCN1C(=O)c1ccc2c(c1)OCCO2. The summed E-state index contributed by atoms with van der Waals surface area (Å²) in [6.07, 6.45) is 1.22. The molecule has 6 nitrogen and oxygen atoms in total. The maximum absolute atomic E-state index is 12.4. The van der Waals surface area contributed by atoms with Crippen molar-refractivity contribution < 1.29 is 24.2 Å². The molecular formula is C14H15NO5. The molecule has 106 valence electrons. The third kappa shape index (κ3) is 2.17. The fourth-order valence-corrected chi connectivity index (χ4v) is 2.61. The van der Waals surface area contributed by atoms with Crippen molar-refractivity contribution in [1.82, 2.24) is 4.90 Å². The number of aliphatic carboxylic acids is 1. The van der Waals surface area contributed by atoms with Gasteiger partial charge in [-0.3, -0.25) is 4.79 Å². The Hall–Kier alpha value is -2.24. The van der Waals surface area contributed by atoms with Gasteiger partial charge in [-0.1, -0.05) is 0 Å². The minimum absolute atomic E-state index is 0.271. The number of likely N-dealkylation sites (tertiary alicyclic amines) is 1. The lowest BCUT2D eigenvalue weighted by atomic mass is 10.1. The summed E-state index contributed by atoms with van der Waals surface area (Å²) in [5, 5.41) is 9.13. The van der Waals surface area contributed by atoms with Crippen LogP contribution in [0.5, 0.6) is 11.5 Å². The molecule has 1 amide bonds. The Balaban J connectivity index is 1.85. The van der Waals surface area contributed by atoms with Gasteiger partial charge in [-0.05, 0) is 31.0 Å². The Morgan fingerprint density at radius 1 is 1.20 bits per heavy atom. The molecule has 20 heavy (non-hydrogen) atoms. The van der Waals surface area contributed by atoms with Gasteiger partial charge in [0.15, 0.2) is 11.5 Å². The maximum atomic E-state index is 12.4. The summed E-state index contributed by atoms with van der Waals surface area (Å²) in [6, 6.07) is 4.23. The topological polar surface area (TPSA) is 76.1 Å². The number of benzene rings is 1. The molecule has 2 aliphatic rings. The molecule has 0 aromatic heterocycles. The zero-order chi connectivity index (χ0) is 14.1. The summed E-state index contributed by atoms with van der Waals surface area (Å²) in [7, 11) is 0. The predicted molar refractivity (Wildman–Crippen MR) is 69.1 cm³/mol. The molecule has 0 bridgehead atoms. The molecule has 3 rings (SSSR count). The summed E-state index contributed by atoms with van der Waals surface area (Å²) in [4.78, 5) is 25.0. The molecule has 1 fully saturated rings. The van der Waals surface area contributed by atoms with Crippen LogP contribution in [0.1, 0.15) is 23.2 Å². The summed E-state index contributed by atoms with van der Waals surface area (Å²) in [5.41, 5.74) is 0.433. The van der Waals surface area contributed by atoms with Crippen LogP contribution < -0.4 is 9.47 Å². The molecule has 0 radical (unpaired) electrons. The third-order valence-electron chi connectivity index (χ3n) is 3.59. The van der Waals surface area contributed by atoms with Crippen molar-refractivity contribution in [3.63, 3.8) is 0 Å². The van der Waals surface area contributed by atoms with Crippen LogP contribution in [-0.4, -0.2) is 47.7 Å². The van der Waals surface area contributed by atoms with Crippen LogP contribution in [0.2, 0.25) is 0 Å². The van der Waals surface area contributed by atoms with Gasteiger partial charge in [0.25, 0.3) is 5.91 Å². The lowest BCUT2D eigenvalue weighted by molar-refractivity contribution is -0.141. The number of hydrogen-bond donors (Lipinski definition) is 1. The fraction of sp³-hybridized carbons (Fsp3) is 0.429. The second-order valence-electron chi connectivity index (χ2n) is 4.85. The largest absolute Gasteiger partial charge is 0.486 e. The van der Waals surface area contributed by atoms with E-state index in [0.717, 1.165) is 0 Å². The monoisotopic (exact) mass is 277 g/mol. The van der Waals surface area contributed by atoms with Gasteiger partial charge in [0, 0.05) is 12.1 Å². The van der Waals surface area contributed by atoms with Gasteiger partial charge in [-0.25, -0.2) is 4.79 Å². The Labute approximate surface area is 115 Å². The molecule has 1 atom stereocenters. The van der Waals surface area contributed by atoms with Crippen molar-refractivity contribution in [2.24, 2.45) is 0 Å². The van der Waals surface area contributed by atoms with Crippen molar-refractivity contribution in [3.8, 4) is 11.5 Å². The molecular weight excluding hydrogens is 262 g/mol. The molecule has 6 heteroatoms. The van der Waals surface area contributed by atoms with Gasteiger partial charge in [-0.2, -0.15) is 0 Å². The minimum atomic E-state index is -0.951. The fourth-order valence-electron chi connectivity index (χ4n) is 2.61. The number of ether oxygens (including phenoxy) is 2. The third-order valence-corrected chi connectivity index (χ3v) is 3.59. The summed E-state index contributed by atoms with van der Waals surface area (Å²) >= 11 is 0. The molecule has 1 aromatic carbocycles. The van der Waals surface area contributed by atoms with Crippen molar-refractivity contribution in [1.29, 1.82) is 0 Å². The van der Waals surface area contributed by atoms with E-state index >= 15 is 0 Å². The van der Waals surface area contributed by atoms with Crippen LogP contribution in [0.4, 0.5) is 0 Å². The smallest absolute Gasteiger partial charge is 0.326 e. The standard InChI is InChI=1S/C14H15NO5/c16-13(15-5-1-2-10(15)14(17)18)9-3-4-11-12(8-9)20-7-6-19-11/h3-4,8,10H,1-2,5-7H2,(H,17,18)/t10-/m0/s1. The van der Waals surface area contributed by atoms with E-state index in [1.165, 1.54) is 4.90 Å².